The van der Waals surface area contributed by atoms with Crippen LogP contribution in [0.5, 0.6) is 0 Å². The van der Waals surface area contributed by atoms with Crippen LogP contribution < -0.4 is 22.1 Å². The number of aliphatic hydroxyl groups is 2. The molecule has 1 aliphatic heterocycles. The van der Waals surface area contributed by atoms with Crippen molar-refractivity contribution in [2.24, 2.45) is 67.8 Å². The number of nitrogens with one attached hydrogen (secondary N) is 2. The van der Waals surface area contributed by atoms with E-state index in [0.717, 1.165) is 80.9 Å². The van der Waals surface area contributed by atoms with Gasteiger partial charge in [-0.15, -0.1) is 0 Å². The molecule has 0 bridgehead atoms. The van der Waals surface area contributed by atoms with Gasteiger partial charge in [-0.05, 0) is 169 Å². The van der Waals surface area contributed by atoms with Crippen LogP contribution in [-0.4, -0.2) is 65.3 Å². The zero-order valence-corrected chi connectivity index (χ0v) is 36.8. The fraction of sp³-hybridized carbons (Fsp3) is 0.760. The Morgan fingerprint density at radius 2 is 1.77 bits per heavy atom. The second kappa shape index (κ2) is 16.9. The zero-order chi connectivity index (χ0) is 41.7. The predicted octanol–water partition coefficient (Wildman–Crippen LogP) is 8.49. The van der Waals surface area contributed by atoms with Crippen LogP contribution in [0.2, 0.25) is 0 Å². The summed E-state index contributed by atoms with van der Waals surface area (Å²) in [7, 11) is 1.74. The Morgan fingerprint density at radius 1 is 0.933 bits per heavy atom. The van der Waals surface area contributed by atoms with Crippen molar-refractivity contribution in [3.63, 3.8) is 0 Å². The van der Waals surface area contributed by atoms with E-state index in [0.29, 0.717) is 66.0 Å². The van der Waals surface area contributed by atoms with E-state index < -0.39 is 5.60 Å². The summed E-state index contributed by atoms with van der Waals surface area (Å²) in [5, 5.41) is 31.0. The van der Waals surface area contributed by atoms with Gasteiger partial charge in [0.1, 0.15) is 6.17 Å². The van der Waals surface area contributed by atoms with Crippen molar-refractivity contribution in [2.45, 2.75) is 178 Å². The van der Waals surface area contributed by atoms with E-state index in [2.05, 4.69) is 40.7 Å². The first-order valence-corrected chi connectivity index (χ1v) is 24.2. The Kier molecular flexibility index (Phi) is 11.9. The molecule has 2 aromatic rings. The number of hydrogen-bond donors (Lipinski definition) is 6. The number of epoxide rings is 1. The van der Waals surface area contributed by atoms with Gasteiger partial charge in [-0.25, -0.2) is 0 Å². The monoisotopic (exact) mass is 825 g/mol. The second-order valence-electron chi connectivity index (χ2n) is 21.5. The maximum atomic E-state index is 11.4. The lowest BCUT2D eigenvalue weighted by Crippen LogP contribution is -2.58. The highest BCUT2D eigenvalue weighted by molar-refractivity contribution is 5.84. The summed E-state index contributed by atoms with van der Waals surface area (Å²) in [5.41, 5.74) is 15.5. The van der Waals surface area contributed by atoms with E-state index in [1.165, 1.54) is 81.8 Å². The number of benzene rings is 1. The highest BCUT2D eigenvalue weighted by Crippen LogP contribution is 2.72. The molecule has 10 nitrogen and oxygen atoms in total. The van der Waals surface area contributed by atoms with Crippen molar-refractivity contribution in [1.29, 1.82) is 0 Å². The quantitative estimate of drug-likeness (QED) is 0.0432. The number of rotatable bonds is 11. The van der Waals surface area contributed by atoms with Gasteiger partial charge >= 0.3 is 0 Å². The normalized spacial score (nSPS) is 40.6. The Morgan fingerprint density at radius 3 is 2.58 bits per heavy atom. The fourth-order valence-corrected chi connectivity index (χ4v) is 15.0. The first-order chi connectivity index (χ1) is 28.9. The molecule has 1 spiro atoms. The molecule has 7 aliphatic rings. The van der Waals surface area contributed by atoms with Crippen molar-refractivity contribution in [3.8, 4) is 0 Å². The number of ether oxygens (including phenoxy) is 1. The molecule has 7 fully saturated rings. The average molecular weight is 825 g/mol. The first kappa shape index (κ1) is 42.2. The summed E-state index contributed by atoms with van der Waals surface area (Å²) in [6.07, 6.45) is 28.0. The van der Waals surface area contributed by atoms with Gasteiger partial charge in [-0.2, -0.15) is 0 Å². The van der Waals surface area contributed by atoms with Gasteiger partial charge < -0.3 is 41.5 Å². The number of allylic oxidation sites excluding steroid dienone is 1. The Balaban J connectivity index is 0.897. The van der Waals surface area contributed by atoms with Crippen molar-refractivity contribution < 1.29 is 19.4 Å². The van der Waals surface area contributed by atoms with Gasteiger partial charge in [-0.1, -0.05) is 49.6 Å². The third-order valence-corrected chi connectivity index (χ3v) is 18.0. The van der Waals surface area contributed by atoms with Crippen LogP contribution in [0.15, 0.2) is 57.3 Å². The van der Waals surface area contributed by atoms with E-state index in [9.17, 15) is 10.2 Å². The van der Waals surface area contributed by atoms with Gasteiger partial charge in [0.2, 0.25) is 0 Å². The lowest BCUT2D eigenvalue weighted by molar-refractivity contribution is -0.139. The minimum Gasteiger partial charge on any atom is -0.471 e. The summed E-state index contributed by atoms with van der Waals surface area (Å²) >= 11 is 0. The van der Waals surface area contributed by atoms with Gasteiger partial charge in [-0.3, -0.25) is 9.98 Å². The molecule has 1 aromatic carbocycles. The number of aliphatic imine (C=N–C) groups is 2. The molecular weight excluding hydrogens is 749 g/mol. The predicted molar refractivity (Wildman–Crippen MR) is 240 cm³/mol. The van der Waals surface area contributed by atoms with Crippen molar-refractivity contribution in [3.05, 3.63) is 48.4 Å². The van der Waals surface area contributed by atoms with Crippen LogP contribution in [0.3, 0.4) is 0 Å². The number of guanidine groups is 2. The first-order valence-electron chi connectivity index (χ1n) is 24.2. The topological polar surface area (TPSA) is 167 Å². The summed E-state index contributed by atoms with van der Waals surface area (Å²) in [4.78, 5) is 9.09. The number of aliphatic hydroxyl groups excluding tert-OH is 1. The minimum atomic E-state index is -0.694. The Hall–Kier alpha value is -3.08. The minimum absolute atomic E-state index is 0.0420. The van der Waals surface area contributed by atoms with Crippen LogP contribution in [0, 0.1) is 46.3 Å². The maximum absolute atomic E-state index is 11.4. The number of nitrogens with zero attached hydrogens (tertiary/aromatic N) is 2. The maximum Gasteiger partial charge on any atom is 0.190 e. The SMILES string of the molecule is C=C1CC2(CCC(CCC3(O)CCCC(O)C3)C2)C2OC2(C)CCC2C1CC2(C1CCCCC1)C1CCC(C(NC(N)=NC)NC(N)=NCCc2cccc3cocc23)C1. The van der Waals surface area contributed by atoms with Gasteiger partial charge in [0.15, 0.2) is 11.9 Å². The Bertz CT molecular complexity index is 1910. The van der Waals surface area contributed by atoms with Crippen molar-refractivity contribution >= 4 is 22.7 Å². The number of furan rings is 1. The molecule has 8 N–H and O–H groups in total. The lowest BCUT2D eigenvalue weighted by atomic mass is 9.40. The van der Waals surface area contributed by atoms with Crippen LogP contribution in [-0.2, 0) is 11.2 Å². The molecule has 12 atom stereocenters. The molecule has 0 amide bonds. The van der Waals surface area contributed by atoms with Crippen LogP contribution >= 0.6 is 0 Å². The van der Waals surface area contributed by atoms with Gasteiger partial charge in [0.25, 0.3) is 0 Å². The van der Waals surface area contributed by atoms with Crippen molar-refractivity contribution in [1.82, 2.24) is 10.6 Å². The third kappa shape index (κ3) is 8.16. The molecule has 60 heavy (non-hydrogen) atoms. The molecule has 12 unspecified atom stereocenters. The summed E-state index contributed by atoms with van der Waals surface area (Å²) in [5.74, 6) is 4.51. The van der Waals surface area contributed by atoms with Crippen LogP contribution in [0.25, 0.3) is 10.8 Å². The second-order valence-corrected chi connectivity index (χ2v) is 21.5. The van der Waals surface area contributed by atoms with Crippen LogP contribution in [0.1, 0.15) is 147 Å². The zero-order valence-electron chi connectivity index (χ0n) is 36.8. The smallest absolute Gasteiger partial charge is 0.190 e. The van der Waals surface area contributed by atoms with Crippen molar-refractivity contribution in [2.75, 3.05) is 13.6 Å². The molecule has 6 saturated carbocycles. The van der Waals surface area contributed by atoms with Gasteiger partial charge in [0.05, 0.1) is 35.9 Å². The summed E-state index contributed by atoms with van der Waals surface area (Å²) in [6.45, 7) is 8.02. The molecule has 6 aliphatic carbocycles. The van der Waals surface area contributed by atoms with E-state index >= 15 is 0 Å². The standard InChI is InChI=1S/C50H76N6O4/c1-32-26-48(22-16-33(27-48)17-23-49(58)20-8-13-39(57)28-49)44-47(2,60-44)21-18-42-40(32)29-50(42,37-11-5-4-6-12-37)38-15-14-35(25-38)43(55-45(51)53-3)56-46(52)54-24-19-34-9-7-10-36-30-59-31-41(34)36/h7,9-10,30-31,33,35,37-40,42-44,57-58H,1,4-6,8,11-29H2,2-3H3,(H3,51,53,55)(H3,52,54,56). The highest BCUT2D eigenvalue weighted by Gasteiger charge is 2.68. The fourth-order valence-electron chi connectivity index (χ4n) is 15.0. The molecular formula is C50H76N6O4. The number of hydrogen-bond acceptors (Lipinski definition) is 6. The summed E-state index contributed by atoms with van der Waals surface area (Å²) < 4.78 is 12.4. The van der Waals surface area contributed by atoms with E-state index in [1.54, 1.807) is 13.3 Å². The molecule has 1 saturated heterocycles. The molecule has 330 valence electrons. The van der Waals surface area contributed by atoms with E-state index in [-0.39, 0.29) is 23.3 Å². The molecule has 2 heterocycles. The Labute approximate surface area is 359 Å². The lowest BCUT2D eigenvalue weighted by Gasteiger charge is -2.64. The molecule has 9 rings (SSSR count). The molecule has 0 radical (unpaired) electrons. The van der Waals surface area contributed by atoms with Crippen LogP contribution in [0.4, 0.5) is 0 Å². The van der Waals surface area contributed by atoms with Gasteiger partial charge in [0, 0.05) is 36.2 Å². The third-order valence-electron chi connectivity index (χ3n) is 18.0. The largest absolute Gasteiger partial charge is 0.471 e. The highest BCUT2D eigenvalue weighted by atomic mass is 16.6. The van der Waals surface area contributed by atoms with E-state index in [1.807, 2.05) is 6.26 Å². The molecule has 10 heteroatoms. The van der Waals surface area contributed by atoms with E-state index in [4.69, 9.17) is 32.2 Å². The molecule has 1 aromatic heterocycles. The number of fused-ring (bicyclic) bond motifs is 4. The average Bonchev–Trinajstić information content (AvgIpc) is 3.68. The number of nitrogens with two attached hydrogens (primary N) is 2. The summed E-state index contributed by atoms with van der Waals surface area (Å²) in [6, 6.07) is 6.27.